The smallest absolute Gasteiger partial charge is 0.225 e. The number of para-hydroxylation sites is 1. The monoisotopic (exact) mass is 406 g/mol. The van der Waals surface area contributed by atoms with E-state index in [2.05, 4.69) is 10.3 Å². The summed E-state index contributed by atoms with van der Waals surface area (Å²) in [4.78, 5) is 18.0. The Kier molecular flexibility index (Phi) is 5.60. The highest BCUT2D eigenvalue weighted by Crippen LogP contribution is 2.36. The number of fused-ring (bicyclic) bond motifs is 1. The molecule has 28 heavy (non-hydrogen) atoms. The molecule has 0 spiro atoms. The topological polar surface area (TPSA) is 62.2 Å². The van der Waals surface area contributed by atoms with Crippen molar-refractivity contribution in [3.05, 3.63) is 72.8 Å². The van der Waals surface area contributed by atoms with E-state index in [1.54, 1.807) is 30.0 Å². The fourth-order valence-corrected chi connectivity index (χ4v) is 4.64. The van der Waals surface area contributed by atoms with Gasteiger partial charge in [-0.25, -0.2) is 4.98 Å². The van der Waals surface area contributed by atoms with Gasteiger partial charge in [0.15, 0.2) is 0 Å². The molecule has 6 heteroatoms. The first-order valence-corrected chi connectivity index (χ1v) is 10.7. The van der Waals surface area contributed by atoms with Crippen molar-refractivity contribution in [1.29, 1.82) is 0 Å². The molecule has 4 nitrogen and oxygen atoms in total. The van der Waals surface area contributed by atoms with Crippen LogP contribution in [0.15, 0.2) is 77.7 Å². The highest BCUT2D eigenvalue weighted by Gasteiger charge is 2.12. The number of phenolic OH excluding ortho intramolecular Hbond substituents is 1. The van der Waals surface area contributed by atoms with Crippen molar-refractivity contribution in [2.24, 2.45) is 0 Å². The van der Waals surface area contributed by atoms with Crippen molar-refractivity contribution in [2.45, 2.75) is 11.3 Å². The minimum atomic E-state index is -0.0515. The second kappa shape index (κ2) is 8.46. The predicted molar refractivity (Wildman–Crippen MR) is 117 cm³/mol. The summed E-state index contributed by atoms with van der Waals surface area (Å²) in [6, 6.07) is 22.9. The molecule has 0 aliphatic heterocycles. The summed E-state index contributed by atoms with van der Waals surface area (Å²) in [5, 5.41) is 13.9. The van der Waals surface area contributed by atoms with Crippen LogP contribution in [0.2, 0.25) is 0 Å². The Morgan fingerprint density at radius 1 is 1.04 bits per heavy atom. The van der Waals surface area contributed by atoms with Crippen molar-refractivity contribution in [3.8, 4) is 16.3 Å². The summed E-state index contributed by atoms with van der Waals surface area (Å²) in [5.41, 5.74) is 2.17. The molecular weight excluding hydrogens is 388 g/mol. The summed E-state index contributed by atoms with van der Waals surface area (Å²) < 4.78 is 1.06. The lowest BCUT2D eigenvalue weighted by atomic mass is 10.2. The number of anilines is 1. The number of amides is 1. The highest BCUT2D eigenvalue weighted by molar-refractivity contribution is 7.99. The molecule has 1 amide bonds. The fraction of sp³-hybridized carbons (Fsp3) is 0.0909. The van der Waals surface area contributed by atoms with Gasteiger partial charge in [0.1, 0.15) is 10.8 Å². The molecule has 1 aromatic heterocycles. The van der Waals surface area contributed by atoms with E-state index in [-0.39, 0.29) is 11.7 Å². The Labute approximate surface area is 171 Å². The molecule has 4 aromatic rings. The van der Waals surface area contributed by atoms with Gasteiger partial charge in [-0.3, -0.25) is 4.79 Å². The zero-order valence-corrected chi connectivity index (χ0v) is 16.6. The number of carbonyl (C=O) groups is 1. The number of aromatic nitrogens is 1. The molecule has 0 radical (unpaired) electrons. The molecule has 0 atom stereocenters. The van der Waals surface area contributed by atoms with Gasteiger partial charge in [-0.15, -0.1) is 23.1 Å². The number of nitrogens with one attached hydrogen (secondary N) is 1. The largest absolute Gasteiger partial charge is 0.507 e. The van der Waals surface area contributed by atoms with E-state index in [1.807, 2.05) is 54.6 Å². The van der Waals surface area contributed by atoms with Gasteiger partial charge in [0.25, 0.3) is 0 Å². The van der Waals surface area contributed by atoms with Gasteiger partial charge in [0.05, 0.1) is 15.8 Å². The Bertz CT molecular complexity index is 1080. The molecule has 0 saturated carbocycles. The first kappa shape index (κ1) is 18.5. The van der Waals surface area contributed by atoms with Crippen LogP contribution in [0.5, 0.6) is 5.75 Å². The molecule has 0 saturated heterocycles. The summed E-state index contributed by atoms with van der Waals surface area (Å²) in [6.07, 6.45) is 0.414. The van der Waals surface area contributed by atoms with Crippen LogP contribution in [0, 0.1) is 0 Å². The van der Waals surface area contributed by atoms with Crippen molar-refractivity contribution in [1.82, 2.24) is 4.98 Å². The molecule has 4 rings (SSSR count). The van der Waals surface area contributed by atoms with E-state index in [0.717, 1.165) is 20.1 Å². The van der Waals surface area contributed by atoms with E-state index >= 15 is 0 Å². The van der Waals surface area contributed by atoms with Gasteiger partial charge < -0.3 is 10.4 Å². The van der Waals surface area contributed by atoms with E-state index in [0.29, 0.717) is 23.4 Å². The molecule has 140 valence electrons. The maximum Gasteiger partial charge on any atom is 0.225 e. The Balaban J connectivity index is 1.44. The van der Waals surface area contributed by atoms with Gasteiger partial charge in [0.2, 0.25) is 5.91 Å². The van der Waals surface area contributed by atoms with Crippen LogP contribution < -0.4 is 5.32 Å². The number of thioether (sulfide) groups is 1. The second-order valence-corrected chi connectivity index (χ2v) is 8.38. The van der Waals surface area contributed by atoms with Gasteiger partial charge in [-0.2, -0.15) is 0 Å². The minimum absolute atomic E-state index is 0.0515. The fourth-order valence-electron chi connectivity index (χ4n) is 2.77. The van der Waals surface area contributed by atoms with Crippen LogP contribution in [0.25, 0.3) is 20.8 Å². The normalized spacial score (nSPS) is 10.9. The van der Waals surface area contributed by atoms with Crippen molar-refractivity contribution >= 4 is 44.9 Å². The first-order valence-electron chi connectivity index (χ1n) is 8.86. The molecule has 0 unspecified atom stereocenters. The third-order valence-electron chi connectivity index (χ3n) is 4.15. The number of hydrogen-bond acceptors (Lipinski definition) is 5. The van der Waals surface area contributed by atoms with Crippen molar-refractivity contribution < 1.29 is 9.90 Å². The molecule has 0 bridgehead atoms. The number of rotatable bonds is 6. The van der Waals surface area contributed by atoms with Crippen LogP contribution in [-0.4, -0.2) is 21.8 Å². The molecule has 3 aromatic carbocycles. The first-order chi connectivity index (χ1) is 13.7. The zero-order valence-electron chi connectivity index (χ0n) is 15.0. The average molecular weight is 407 g/mol. The van der Waals surface area contributed by atoms with Crippen LogP contribution in [-0.2, 0) is 4.79 Å². The number of aromatic hydroxyl groups is 1. The van der Waals surface area contributed by atoms with E-state index in [4.69, 9.17) is 0 Å². The maximum atomic E-state index is 12.3. The van der Waals surface area contributed by atoms with E-state index in [9.17, 15) is 9.90 Å². The number of thiazole rings is 1. The van der Waals surface area contributed by atoms with Crippen LogP contribution in [0.1, 0.15) is 6.42 Å². The van der Waals surface area contributed by atoms with Crippen molar-refractivity contribution in [3.63, 3.8) is 0 Å². The summed E-state index contributed by atoms with van der Waals surface area (Å²) in [7, 11) is 0. The van der Waals surface area contributed by atoms with Gasteiger partial charge >= 0.3 is 0 Å². The maximum absolute atomic E-state index is 12.3. The van der Waals surface area contributed by atoms with E-state index < -0.39 is 0 Å². The third kappa shape index (κ3) is 4.35. The lowest BCUT2D eigenvalue weighted by Crippen LogP contribution is -2.12. The Morgan fingerprint density at radius 2 is 1.82 bits per heavy atom. The lowest BCUT2D eigenvalue weighted by molar-refractivity contribution is -0.115. The number of benzene rings is 3. The quantitative estimate of drug-likeness (QED) is 0.314. The molecule has 0 fully saturated rings. The SMILES string of the molecule is O=C(CCSc1ccccc1)Nc1ccc(O)c(-c2nc3ccccc3s2)c1. The highest BCUT2D eigenvalue weighted by atomic mass is 32.2. The summed E-state index contributed by atoms with van der Waals surface area (Å²) >= 11 is 3.17. The third-order valence-corrected chi connectivity index (χ3v) is 6.23. The predicted octanol–water partition coefficient (Wildman–Crippen LogP) is 5.79. The standard InChI is InChI=1S/C22H18N2O2S2/c25-19-11-10-15(23-21(26)12-13-27-16-6-2-1-3-7-16)14-17(19)22-24-18-8-4-5-9-20(18)28-22/h1-11,14,25H,12-13H2,(H,23,26). The van der Waals surface area contributed by atoms with Gasteiger partial charge in [-0.05, 0) is 42.5 Å². The lowest BCUT2D eigenvalue weighted by Gasteiger charge is -2.08. The Hall–Kier alpha value is -2.83. The minimum Gasteiger partial charge on any atom is -0.507 e. The molecule has 0 aliphatic carbocycles. The number of hydrogen-bond donors (Lipinski definition) is 2. The number of nitrogens with zero attached hydrogens (tertiary/aromatic N) is 1. The number of carbonyl (C=O) groups excluding carboxylic acids is 1. The van der Waals surface area contributed by atoms with Gasteiger partial charge in [0, 0.05) is 22.8 Å². The molecule has 1 heterocycles. The zero-order chi connectivity index (χ0) is 19.3. The number of phenols is 1. The Morgan fingerprint density at radius 3 is 2.64 bits per heavy atom. The van der Waals surface area contributed by atoms with Crippen LogP contribution >= 0.6 is 23.1 Å². The average Bonchev–Trinajstić information content (AvgIpc) is 3.14. The van der Waals surface area contributed by atoms with E-state index in [1.165, 1.54) is 11.3 Å². The van der Waals surface area contributed by atoms with Crippen molar-refractivity contribution in [2.75, 3.05) is 11.1 Å². The summed E-state index contributed by atoms with van der Waals surface area (Å²) in [6.45, 7) is 0. The van der Waals surface area contributed by atoms with Crippen LogP contribution in [0.3, 0.4) is 0 Å². The van der Waals surface area contributed by atoms with Crippen LogP contribution in [0.4, 0.5) is 5.69 Å². The second-order valence-electron chi connectivity index (χ2n) is 6.18. The molecular formula is C22H18N2O2S2. The van der Waals surface area contributed by atoms with Gasteiger partial charge in [-0.1, -0.05) is 30.3 Å². The molecule has 0 aliphatic rings. The summed E-state index contributed by atoms with van der Waals surface area (Å²) in [5.74, 6) is 0.805. The molecule has 2 N–H and O–H groups in total.